The molecule has 0 radical (unpaired) electrons. The van der Waals surface area contributed by atoms with Crippen LogP contribution in [0.25, 0.3) is 0 Å². The highest BCUT2D eigenvalue weighted by atomic mass is 31.2. The first kappa shape index (κ1) is 48.5. The molecule has 2 atom stereocenters. The van der Waals surface area contributed by atoms with Gasteiger partial charge in [0.05, 0.1) is 34.4 Å². The topological polar surface area (TPSA) is 94.1 Å². The lowest BCUT2D eigenvalue weighted by atomic mass is 10.1. The Bertz CT molecular complexity index is 942. The van der Waals surface area contributed by atoms with E-state index in [0.717, 1.165) is 64.2 Å². The van der Waals surface area contributed by atoms with Crippen molar-refractivity contribution in [1.29, 1.82) is 0 Å². The van der Waals surface area contributed by atoms with Gasteiger partial charge in [0.1, 0.15) is 19.3 Å². The number of hydrogen-bond acceptors (Lipinski definition) is 7. The van der Waals surface area contributed by atoms with Crippen molar-refractivity contribution in [3.05, 3.63) is 48.6 Å². The average Bonchev–Trinajstić information content (AvgIpc) is 3.06. The molecule has 2 unspecified atom stereocenters. The lowest BCUT2D eigenvalue weighted by molar-refractivity contribution is -0.870. The molecule has 0 spiro atoms. The second-order valence-electron chi connectivity index (χ2n) is 14.3. The van der Waals surface area contributed by atoms with Gasteiger partial charge in [-0.15, -0.1) is 0 Å². The molecule has 0 aliphatic rings. The molecule has 292 valence electrons. The Kier molecular flexibility index (Phi) is 33.5. The SMILES string of the molecule is CC/C=C\C/C=C\C/C=C\CCCCCCCCCC(=O)OC(COCCCCCCCC/C=C\CCC)COP(=O)([O-])OCC[N+](C)(C)C. The molecule has 0 rings (SSSR count). The molecule has 0 saturated heterocycles. The Hall–Kier alpha value is -1.54. The molecule has 0 heterocycles. The van der Waals surface area contributed by atoms with Gasteiger partial charge in [0.15, 0.2) is 0 Å². The first-order chi connectivity index (χ1) is 24.1. The maximum Gasteiger partial charge on any atom is 0.306 e. The third kappa shape index (κ3) is 37.7. The molecule has 50 heavy (non-hydrogen) atoms. The minimum Gasteiger partial charge on any atom is -0.756 e. The first-order valence-corrected chi connectivity index (χ1v) is 21.3. The van der Waals surface area contributed by atoms with Gasteiger partial charge >= 0.3 is 5.97 Å². The van der Waals surface area contributed by atoms with E-state index in [1.807, 2.05) is 21.1 Å². The Labute approximate surface area is 308 Å². The summed E-state index contributed by atoms with van der Waals surface area (Å²) < 4.78 is 34.4. The predicted octanol–water partition coefficient (Wildman–Crippen LogP) is 10.6. The highest BCUT2D eigenvalue weighted by molar-refractivity contribution is 7.45. The molecule has 9 heteroatoms. The maximum atomic E-state index is 12.6. The number of phosphoric ester groups is 1. The van der Waals surface area contributed by atoms with Crippen molar-refractivity contribution in [2.75, 3.05) is 54.1 Å². The summed E-state index contributed by atoms with van der Waals surface area (Å²) >= 11 is 0. The fourth-order valence-corrected chi connectivity index (χ4v) is 5.76. The third-order valence-corrected chi connectivity index (χ3v) is 9.06. The van der Waals surface area contributed by atoms with Crippen molar-refractivity contribution < 1.29 is 37.3 Å². The van der Waals surface area contributed by atoms with Crippen LogP contribution in [0, 0.1) is 0 Å². The van der Waals surface area contributed by atoms with Crippen LogP contribution in [0.3, 0.4) is 0 Å². The monoisotopic (exact) mass is 726 g/mol. The van der Waals surface area contributed by atoms with Gasteiger partial charge in [0, 0.05) is 13.0 Å². The van der Waals surface area contributed by atoms with Crippen LogP contribution in [0.1, 0.15) is 149 Å². The lowest BCUT2D eigenvalue weighted by Gasteiger charge is -2.28. The zero-order chi connectivity index (χ0) is 37.0. The van der Waals surface area contributed by atoms with Crippen molar-refractivity contribution in [2.45, 2.75) is 155 Å². The number of hydrogen-bond donors (Lipinski definition) is 0. The van der Waals surface area contributed by atoms with Gasteiger partial charge in [-0.05, 0) is 64.2 Å². The van der Waals surface area contributed by atoms with Gasteiger partial charge in [0.25, 0.3) is 7.82 Å². The molecule has 0 aliphatic carbocycles. The quantitative estimate of drug-likeness (QED) is 0.0209. The number of quaternary nitrogens is 1. The van der Waals surface area contributed by atoms with Gasteiger partial charge < -0.3 is 27.9 Å². The fourth-order valence-electron chi connectivity index (χ4n) is 5.03. The maximum absolute atomic E-state index is 12.6. The third-order valence-electron chi connectivity index (χ3n) is 8.10. The number of phosphoric acid groups is 1. The predicted molar refractivity (Wildman–Crippen MR) is 208 cm³/mol. The smallest absolute Gasteiger partial charge is 0.306 e. The Morgan fingerprint density at radius 2 is 1.16 bits per heavy atom. The van der Waals surface area contributed by atoms with Crippen LogP contribution in [-0.2, 0) is 27.9 Å². The van der Waals surface area contributed by atoms with Crippen molar-refractivity contribution in [1.82, 2.24) is 0 Å². The molecule has 0 fully saturated rings. The van der Waals surface area contributed by atoms with Gasteiger partial charge in [-0.3, -0.25) is 9.36 Å². The normalized spacial score (nSPS) is 14.4. The van der Waals surface area contributed by atoms with Crippen molar-refractivity contribution in [3.63, 3.8) is 0 Å². The molecule has 0 amide bonds. The summed E-state index contributed by atoms with van der Waals surface area (Å²) in [5.74, 6) is -0.350. The molecule has 0 aromatic carbocycles. The standard InChI is InChI=1S/C41H76NO7P/c1-6-8-10-12-14-16-18-19-20-21-22-23-24-26-28-30-32-34-41(43)49-40(39-48-50(44,45)47-37-35-42(3,4)5)38-46-36-33-31-29-27-25-17-15-13-11-9-7-2/h8,10-11,13-14,16,19-20,40H,6-7,9,12,15,17-18,21-39H2,1-5H3/b10-8-,13-11-,16-14-,20-19-. The van der Waals surface area contributed by atoms with E-state index >= 15 is 0 Å². The highest BCUT2D eigenvalue weighted by Crippen LogP contribution is 2.38. The number of unbranched alkanes of at least 4 members (excludes halogenated alkanes) is 14. The van der Waals surface area contributed by atoms with E-state index in [-0.39, 0.29) is 25.8 Å². The first-order valence-electron chi connectivity index (χ1n) is 19.9. The van der Waals surface area contributed by atoms with Crippen LogP contribution in [0.15, 0.2) is 48.6 Å². The zero-order valence-corrected chi connectivity index (χ0v) is 33.7. The second kappa shape index (κ2) is 34.5. The van der Waals surface area contributed by atoms with Crippen LogP contribution < -0.4 is 4.89 Å². The summed E-state index contributed by atoms with van der Waals surface area (Å²) in [4.78, 5) is 24.9. The summed E-state index contributed by atoms with van der Waals surface area (Å²) in [6.07, 6.45) is 39.7. The van der Waals surface area contributed by atoms with Crippen LogP contribution in [0.2, 0.25) is 0 Å². The molecule has 0 saturated carbocycles. The Morgan fingerprint density at radius 3 is 1.76 bits per heavy atom. The summed E-state index contributed by atoms with van der Waals surface area (Å²) in [7, 11) is 1.34. The van der Waals surface area contributed by atoms with Crippen LogP contribution in [0.5, 0.6) is 0 Å². The largest absolute Gasteiger partial charge is 0.756 e. The number of ether oxygens (including phenoxy) is 2. The van der Waals surface area contributed by atoms with E-state index in [1.165, 1.54) is 64.2 Å². The minimum atomic E-state index is -4.52. The number of rotatable bonds is 36. The van der Waals surface area contributed by atoms with E-state index < -0.39 is 13.9 Å². The number of nitrogens with zero attached hydrogens (tertiary/aromatic N) is 1. The summed E-state index contributed by atoms with van der Waals surface area (Å²) in [5, 5.41) is 0. The van der Waals surface area contributed by atoms with E-state index in [2.05, 4.69) is 62.5 Å². The molecule has 0 N–H and O–H groups in total. The number of carbonyl (C=O) groups is 1. The van der Waals surface area contributed by atoms with Crippen molar-refractivity contribution in [2.24, 2.45) is 0 Å². The van der Waals surface area contributed by atoms with Gasteiger partial charge in [-0.2, -0.15) is 0 Å². The summed E-state index contributed by atoms with van der Waals surface area (Å²) in [5.41, 5.74) is 0. The molecule has 0 aromatic heterocycles. The van der Waals surface area contributed by atoms with Crippen molar-refractivity contribution >= 4 is 13.8 Å². The van der Waals surface area contributed by atoms with Crippen LogP contribution in [-0.4, -0.2) is 70.7 Å². The van der Waals surface area contributed by atoms with Crippen molar-refractivity contribution in [3.8, 4) is 0 Å². The van der Waals surface area contributed by atoms with Crippen LogP contribution in [0.4, 0.5) is 0 Å². The number of likely N-dealkylation sites (N-methyl/N-ethyl adjacent to an activating group) is 1. The Balaban J connectivity index is 4.29. The van der Waals surface area contributed by atoms with Gasteiger partial charge in [-0.25, -0.2) is 0 Å². The van der Waals surface area contributed by atoms with Gasteiger partial charge in [0.2, 0.25) is 0 Å². The average molecular weight is 726 g/mol. The molecule has 0 aromatic rings. The van der Waals surface area contributed by atoms with Gasteiger partial charge in [-0.1, -0.05) is 127 Å². The lowest BCUT2D eigenvalue weighted by Crippen LogP contribution is -2.37. The zero-order valence-electron chi connectivity index (χ0n) is 32.8. The fraction of sp³-hybridized carbons (Fsp3) is 0.780. The second-order valence-corrected chi connectivity index (χ2v) is 15.7. The molecule has 8 nitrogen and oxygen atoms in total. The molecule has 0 aliphatic heterocycles. The van der Waals surface area contributed by atoms with E-state index in [4.69, 9.17) is 18.5 Å². The molecular weight excluding hydrogens is 649 g/mol. The van der Waals surface area contributed by atoms with E-state index in [0.29, 0.717) is 24.1 Å². The van der Waals surface area contributed by atoms with E-state index in [1.54, 1.807) is 0 Å². The number of esters is 1. The minimum absolute atomic E-state index is 0.0211. The molecular formula is C41H76NO7P. The summed E-state index contributed by atoms with van der Waals surface area (Å²) in [6.45, 7) is 5.20. The highest BCUT2D eigenvalue weighted by Gasteiger charge is 2.20. The number of carbonyl (C=O) groups excluding carboxylic acids is 1. The summed E-state index contributed by atoms with van der Waals surface area (Å²) in [6, 6.07) is 0. The van der Waals surface area contributed by atoms with E-state index in [9.17, 15) is 14.3 Å². The molecule has 0 bridgehead atoms. The Morgan fingerprint density at radius 1 is 0.640 bits per heavy atom. The number of allylic oxidation sites excluding steroid dienone is 8. The van der Waals surface area contributed by atoms with Crippen LogP contribution >= 0.6 is 7.82 Å².